The quantitative estimate of drug-likeness (QED) is 0.301. The predicted molar refractivity (Wildman–Crippen MR) is 126 cm³/mol. The summed E-state index contributed by atoms with van der Waals surface area (Å²) in [6.07, 6.45) is 0. The Balaban J connectivity index is 1.58. The first-order valence-electron chi connectivity index (χ1n) is 10.5. The Morgan fingerprint density at radius 2 is 1.33 bits per heavy atom. The van der Waals surface area contributed by atoms with Gasteiger partial charge in [0.15, 0.2) is 0 Å². The summed E-state index contributed by atoms with van der Waals surface area (Å²) in [7, 11) is 0. The van der Waals surface area contributed by atoms with Crippen molar-refractivity contribution in [3.8, 4) is 11.1 Å². The van der Waals surface area contributed by atoms with Crippen LogP contribution in [0, 0.1) is 0 Å². The van der Waals surface area contributed by atoms with Crippen molar-refractivity contribution < 1.29 is 0 Å². The molecule has 1 heterocycles. The highest BCUT2D eigenvalue weighted by Crippen LogP contribution is 2.49. The van der Waals surface area contributed by atoms with E-state index in [4.69, 9.17) is 0 Å². The van der Waals surface area contributed by atoms with E-state index in [-0.39, 0.29) is 5.92 Å². The van der Waals surface area contributed by atoms with Crippen LogP contribution in [0.2, 0.25) is 0 Å². The second-order valence-corrected chi connectivity index (χ2v) is 8.25. The molecule has 1 aliphatic carbocycles. The van der Waals surface area contributed by atoms with Gasteiger partial charge in [-0.05, 0) is 45.3 Å². The summed E-state index contributed by atoms with van der Waals surface area (Å²) in [5.74, 6) is 0.282. The van der Waals surface area contributed by atoms with Gasteiger partial charge in [-0.3, -0.25) is 0 Å². The first-order chi connectivity index (χ1) is 14.9. The maximum atomic E-state index is 3.75. The summed E-state index contributed by atoms with van der Waals surface area (Å²) >= 11 is 0. The summed E-state index contributed by atoms with van der Waals surface area (Å²) in [4.78, 5) is 3.75. The van der Waals surface area contributed by atoms with Crippen LogP contribution in [0.4, 0.5) is 0 Å². The van der Waals surface area contributed by atoms with Crippen molar-refractivity contribution in [3.05, 3.63) is 120 Å². The lowest BCUT2D eigenvalue weighted by atomic mass is 9.89. The lowest BCUT2D eigenvalue weighted by Crippen LogP contribution is -1.98. The standard InChI is InChI=1S/C29H19N/c1-2-9-19(10-3-1)28-22-13-7-6-12-21(22)24-16-25-23-15-14-18-8-4-5-11-20(18)29(23)30-27(25)17-26(24)28/h1-17,28,30H. The summed E-state index contributed by atoms with van der Waals surface area (Å²) in [6, 6.07) is 37.7. The minimum absolute atomic E-state index is 0.282. The Kier molecular flexibility index (Phi) is 3.12. The molecule has 0 amide bonds. The van der Waals surface area contributed by atoms with E-state index in [0.717, 1.165) is 0 Å². The van der Waals surface area contributed by atoms with Gasteiger partial charge in [0, 0.05) is 27.6 Å². The molecule has 7 rings (SSSR count). The SMILES string of the molecule is c1ccc(C2c3ccccc3-c3cc4c(cc32)[nH]c2c3ccccc3ccc42)cc1. The average molecular weight is 381 g/mol. The lowest BCUT2D eigenvalue weighted by Gasteiger charge is -2.14. The van der Waals surface area contributed by atoms with E-state index in [2.05, 4.69) is 108 Å². The van der Waals surface area contributed by atoms with E-state index in [1.807, 2.05) is 0 Å². The van der Waals surface area contributed by atoms with Gasteiger partial charge in [0.2, 0.25) is 0 Å². The molecule has 5 aromatic carbocycles. The molecule has 1 aromatic heterocycles. The van der Waals surface area contributed by atoms with Gasteiger partial charge in [-0.15, -0.1) is 0 Å². The molecule has 0 saturated carbocycles. The van der Waals surface area contributed by atoms with Crippen LogP contribution in [0.5, 0.6) is 0 Å². The highest BCUT2D eigenvalue weighted by Gasteiger charge is 2.30. The molecule has 140 valence electrons. The number of fused-ring (bicyclic) bond motifs is 8. The van der Waals surface area contributed by atoms with Gasteiger partial charge in [0.1, 0.15) is 0 Å². The summed E-state index contributed by atoms with van der Waals surface area (Å²) in [5.41, 5.74) is 9.32. The molecule has 0 spiro atoms. The first-order valence-corrected chi connectivity index (χ1v) is 10.5. The van der Waals surface area contributed by atoms with Crippen LogP contribution in [0.25, 0.3) is 43.7 Å². The lowest BCUT2D eigenvalue weighted by molar-refractivity contribution is 1.02. The summed E-state index contributed by atoms with van der Waals surface area (Å²) < 4.78 is 0. The first kappa shape index (κ1) is 16.0. The zero-order valence-corrected chi connectivity index (χ0v) is 16.4. The second-order valence-electron chi connectivity index (χ2n) is 8.25. The number of hydrogen-bond acceptors (Lipinski definition) is 0. The molecule has 6 aromatic rings. The Hall–Kier alpha value is -3.84. The number of rotatable bonds is 1. The van der Waals surface area contributed by atoms with Gasteiger partial charge in [0.05, 0.1) is 5.52 Å². The Morgan fingerprint density at radius 1 is 0.533 bits per heavy atom. The van der Waals surface area contributed by atoms with E-state index in [1.165, 1.54) is 60.4 Å². The molecule has 1 unspecified atom stereocenters. The van der Waals surface area contributed by atoms with Gasteiger partial charge in [0.25, 0.3) is 0 Å². The molecule has 0 fully saturated rings. The minimum atomic E-state index is 0.282. The summed E-state index contributed by atoms with van der Waals surface area (Å²) in [5, 5.41) is 5.16. The van der Waals surface area contributed by atoms with Gasteiger partial charge < -0.3 is 4.98 Å². The van der Waals surface area contributed by atoms with E-state index in [0.29, 0.717) is 0 Å². The van der Waals surface area contributed by atoms with Gasteiger partial charge in [-0.25, -0.2) is 0 Å². The molecule has 0 saturated heterocycles. The van der Waals surface area contributed by atoms with Gasteiger partial charge in [-0.1, -0.05) is 91.0 Å². The van der Waals surface area contributed by atoms with Crippen LogP contribution in [0.15, 0.2) is 103 Å². The molecule has 0 radical (unpaired) electrons. The largest absolute Gasteiger partial charge is 0.354 e. The Morgan fingerprint density at radius 3 is 2.27 bits per heavy atom. The zero-order chi connectivity index (χ0) is 19.7. The van der Waals surface area contributed by atoms with Crippen molar-refractivity contribution >= 4 is 32.6 Å². The van der Waals surface area contributed by atoms with E-state index in [1.54, 1.807) is 0 Å². The third-order valence-electron chi connectivity index (χ3n) is 6.67. The number of nitrogens with one attached hydrogen (secondary N) is 1. The van der Waals surface area contributed by atoms with Crippen molar-refractivity contribution in [1.82, 2.24) is 4.98 Å². The number of benzene rings is 5. The molecule has 1 atom stereocenters. The summed E-state index contributed by atoms with van der Waals surface area (Å²) in [6.45, 7) is 0. The highest BCUT2D eigenvalue weighted by molar-refractivity contribution is 6.18. The molecule has 1 nitrogen and oxygen atoms in total. The number of aromatic amines is 1. The van der Waals surface area contributed by atoms with E-state index in [9.17, 15) is 0 Å². The molecule has 30 heavy (non-hydrogen) atoms. The Labute approximate surface area is 174 Å². The molecular weight excluding hydrogens is 362 g/mol. The molecule has 1 N–H and O–H groups in total. The number of aromatic nitrogens is 1. The molecular formula is C29H19N. The zero-order valence-electron chi connectivity index (χ0n) is 16.4. The smallest absolute Gasteiger partial charge is 0.0544 e. The van der Waals surface area contributed by atoms with Gasteiger partial charge >= 0.3 is 0 Å². The number of H-pyrrole nitrogens is 1. The van der Waals surface area contributed by atoms with Crippen LogP contribution in [-0.2, 0) is 0 Å². The minimum Gasteiger partial charge on any atom is -0.354 e. The number of hydrogen-bond donors (Lipinski definition) is 1. The van der Waals surface area contributed by atoms with Crippen LogP contribution in [-0.4, -0.2) is 4.98 Å². The van der Waals surface area contributed by atoms with Crippen molar-refractivity contribution in [2.45, 2.75) is 5.92 Å². The molecule has 0 aliphatic heterocycles. The fourth-order valence-corrected chi connectivity index (χ4v) is 5.35. The highest BCUT2D eigenvalue weighted by atomic mass is 14.7. The molecule has 1 heteroatoms. The van der Waals surface area contributed by atoms with Crippen LogP contribution in [0.1, 0.15) is 22.6 Å². The normalized spacial score (nSPS) is 15.0. The van der Waals surface area contributed by atoms with Crippen molar-refractivity contribution in [3.63, 3.8) is 0 Å². The fourth-order valence-electron chi connectivity index (χ4n) is 5.35. The topological polar surface area (TPSA) is 15.8 Å². The second kappa shape index (κ2) is 5.84. The van der Waals surface area contributed by atoms with Crippen molar-refractivity contribution in [2.75, 3.05) is 0 Å². The van der Waals surface area contributed by atoms with Crippen LogP contribution >= 0.6 is 0 Å². The van der Waals surface area contributed by atoms with Crippen LogP contribution in [0.3, 0.4) is 0 Å². The van der Waals surface area contributed by atoms with Crippen LogP contribution < -0.4 is 0 Å². The molecule has 0 bridgehead atoms. The third-order valence-corrected chi connectivity index (χ3v) is 6.67. The van der Waals surface area contributed by atoms with Crippen molar-refractivity contribution in [2.24, 2.45) is 0 Å². The maximum Gasteiger partial charge on any atom is 0.0544 e. The predicted octanol–water partition coefficient (Wildman–Crippen LogP) is 7.63. The average Bonchev–Trinajstić information content (AvgIpc) is 3.33. The van der Waals surface area contributed by atoms with Crippen molar-refractivity contribution in [1.29, 1.82) is 0 Å². The van der Waals surface area contributed by atoms with E-state index >= 15 is 0 Å². The van der Waals surface area contributed by atoms with Gasteiger partial charge in [-0.2, -0.15) is 0 Å². The van der Waals surface area contributed by atoms with E-state index < -0.39 is 0 Å². The maximum absolute atomic E-state index is 3.75. The fraction of sp³-hybridized carbons (Fsp3) is 0.0345. The monoisotopic (exact) mass is 381 g/mol. The molecule has 1 aliphatic rings. The third kappa shape index (κ3) is 2.07. The Bertz CT molecular complexity index is 1590.